The van der Waals surface area contributed by atoms with Crippen LogP contribution in [-0.4, -0.2) is 4.57 Å². The number of nitrogens with zero attached hydrogens (tertiary/aromatic N) is 2. The van der Waals surface area contributed by atoms with E-state index in [0.717, 1.165) is 5.69 Å². The fourth-order valence-corrected chi connectivity index (χ4v) is 11.7. The van der Waals surface area contributed by atoms with E-state index in [1.807, 2.05) is 0 Å². The van der Waals surface area contributed by atoms with Gasteiger partial charge in [0.15, 0.2) is 0 Å². The molecule has 14 rings (SSSR count). The summed E-state index contributed by atoms with van der Waals surface area (Å²) in [6, 6.07) is 77.2. The first-order valence-corrected chi connectivity index (χ1v) is 21.6. The molecule has 0 radical (unpaired) electrons. The number of aromatic nitrogens is 1. The van der Waals surface area contributed by atoms with Crippen molar-refractivity contribution >= 4 is 38.9 Å². The molecule has 2 bridgehead atoms. The predicted octanol–water partition coefficient (Wildman–Crippen LogP) is 15.2. The van der Waals surface area contributed by atoms with E-state index >= 15 is 0 Å². The van der Waals surface area contributed by atoms with E-state index in [1.54, 1.807) is 0 Å². The van der Waals surface area contributed by atoms with Gasteiger partial charge in [0.25, 0.3) is 0 Å². The fourth-order valence-electron chi connectivity index (χ4n) is 11.7. The predicted molar refractivity (Wildman–Crippen MR) is 253 cm³/mol. The van der Waals surface area contributed by atoms with Crippen molar-refractivity contribution in [3.05, 3.63) is 251 Å². The minimum absolute atomic E-state index is 0.0546. The van der Waals surface area contributed by atoms with E-state index in [4.69, 9.17) is 0 Å². The highest BCUT2D eigenvalue weighted by Gasteiger charge is 2.45. The van der Waals surface area contributed by atoms with Crippen molar-refractivity contribution in [2.45, 2.75) is 31.1 Å². The van der Waals surface area contributed by atoms with E-state index in [2.05, 4.69) is 230 Å². The van der Waals surface area contributed by atoms with Gasteiger partial charge in [-0.05, 0) is 110 Å². The molecule has 4 aliphatic rings. The average molecular weight is 779 g/mol. The highest BCUT2D eigenvalue weighted by atomic mass is 15.1. The largest absolute Gasteiger partial charge is 0.310 e. The van der Waals surface area contributed by atoms with Crippen LogP contribution in [0.25, 0.3) is 49.7 Å². The van der Waals surface area contributed by atoms with Gasteiger partial charge in [-0.15, -0.1) is 0 Å². The van der Waals surface area contributed by atoms with E-state index < -0.39 is 0 Å². The molecule has 0 spiro atoms. The Labute approximate surface area is 356 Å². The summed E-state index contributed by atoms with van der Waals surface area (Å²) in [5.41, 5.74) is 23.5. The van der Waals surface area contributed by atoms with Gasteiger partial charge >= 0.3 is 0 Å². The molecule has 0 amide bonds. The first-order valence-electron chi connectivity index (χ1n) is 21.6. The molecule has 2 heteroatoms. The van der Waals surface area contributed by atoms with Crippen molar-refractivity contribution in [1.29, 1.82) is 0 Å². The molecule has 0 aliphatic heterocycles. The van der Waals surface area contributed by atoms with Crippen LogP contribution in [0.5, 0.6) is 0 Å². The number of hydrogen-bond donors (Lipinski definition) is 0. The highest BCUT2D eigenvalue weighted by Crippen LogP contribution is 2.62. The maximum atomic E-state index is 2.59. The summed E-state index contributed by atoms with van der Waals surface area (Å²) in [5.74, 6) is 0.123. The van der Waals surface area contributed by atoms with Gasteiger partial charge in [0.1, 0.15) is 0 Å². The van der Waals surface area contributed by atoms with Gasteiger partial charge in [-0.3, -0.25) is 0 Å². The summed E-state index contributed by atoms with van der Waals surface area (Å²) < 4.78 is 2.44. The SMILES string of the molecule is CC1(C)c2ccccc2-c2c(N(c3ccccc3)c3ccc(-c4cccc5c4c4ccccc4n5-c4ccccc4)c4c3C3c5ccccc5C4c4ccccc43)cccc21. The van der Waals surface area contributed by atoms with E-state index in [0.29, 0.717) is 0 Å². The minimum atomic E-state index is -0.123. The summed E-state index contributed by atoms with van der Waals surface area (Å²) in [6.45, 7) is 4.76. The van der Waals surface area contributed by atoms with Gasteiger partial charge in [0, 0.05) is 45.0 Å². The third-order valence-electron chi connectivity index (χ3n) is 14.2. The Kier molecular flexibility index (Phi) is 7.22. The molecule has 0 unspecified atom stereocenters. The van der Waals surface area contributed by atoms with Gasteiger partial charge in [-0.1, -0.05) is 172 Å². The zero-order chi connectivity index (χ0) is 40.4. The molecule has 1 aromatic heterocycles. The first-order chi connectivity index (χ1) is 30.1. The molecule has 4 aliphatic carbocycles. The van der Waals surface area contributed by atoms with Gasteiger partial charge < -0.3 is 9.47 Å². The molecule has 0 saturated heterocycles. The standard InChI is InChI=1S/C59H42N2/c1-59(2)47-30-15-13-27-45(47)56-48(59)31-18-34-51(56)61(38-21-7-4-8-22-38)52-36-35-44(57-54-40-23-9-11-25-42(40)55(58(52)57)43-26-12-10-24-41(43)54)39-29-17-33-50-53(39)46-28-14-16-32-49(46)60(50)37-19-5-3-6-20-37/h3-36,54-55H,1-2H3. The summed E-state index contributed by atoms with van der Waals surface area (Å²) in [5, 5.41) is 2.56. The number of fused-ring (bicyclic) bond motifs is 6. The number of rotatable bonds is 5. The van der Waals surface area contributed by atoms with E-state index in [1.165, 1.54) is 106 Å². The molecule has 1 heterocycles. The Bertz CT molecular complexity index is 3360. The van der Waals surface area contributed by atoms with Crippen LogP contribution in [0, 0.1) is 0 Å². The molecule has 10 aromatic rings. The third kappa shape index (κ3) is 4.68. The van der Waals surface area contributed by atoms with Crippen LogP contribution in [0.3, 0.4) is 0 Å². The number of hydrogen-bond acceptors (Lipinski definition) is 1. The molecule has 61 heavy (non-hydrogen) atoms. The van der Waals surface area contributed by atoms with Gasteiger partial charge in [0.2, 0.25) is 0 Å². The van der Waals surface area contributed by atoms with Crippen LogP contribution in [0.15, 0.2) is 206 Å². The number of benzene rings is 9. The van der Waals surface area contributed by atoms with Gasteiger partial charge in [-0.2, -0.15) is 0 Å². The average Bonchev–Trinajstić information content (AvgIpc) is 3.78. The maximum Gasteiger partial charge on any atom is 0.0547 e. The van der Waals surface area contributed by atoms with Crippen molar-refractivity contribution in [2.24, 2.45) is 0 Å². The monoisotopic (exact) mass is 778 g/mol. The Morgan fingerprint density at radius 1 is 0.410 bits per heavy atom. The summed E-state index contributed by atoms with van der Waals surface area (Å²) in [4.78, 5) is 2.59. The molecule has 9 aromatic carbocycles. The maximum absolute atomic E-state index is 2.59. The van der Waals surface area contributed by atoms with Crippen molar-refractivity contribution in [3.63, 3.8) is 0 Å². The smallest absolute Gasteiger partial charge is 0.0547 e. The van der Waals surface area contributed by atoms with Crippen LogP contribution in [-0.2, 0) is 5.41 Å². The number of anilines is 3. The zero-order valence-electron chi connectivity index (χ0n) is 34.2. The lowest BCUT2D eigenvalue weighted by Gasteiger charge is -2.45. The van der Waals surface area contributed by atoms with Crippen molar-refractivity contribution in [1.82, 2.24) is 4.57 Å². The third-order valence-corrected chi connectivity index (χ3v) is 14.2. The molecule has 2 nitrogen and oxygen atoms in total. The molecule has 0 saturated carbocycles. The minimum Gasteiger partial charge on any atom is -0.310 e. The Balaban J connectivity index is 1.16. The first kappa shape index (κ1) is 34.4. The topological polar surface area (TPSA) is 8.17 Å². The highest BCUT2D eigenvalue weighted by molar-refractivity contribution is 6.16. The lowest BCUT2D eigenvalue weighted by molar-refractivity contribution is 0.660. The summed E-state index contributed by atoms with van der Waals surface area (Å²) in [7, 11) is 0. The summed E-state index contributed by atoms with van der Waals surface area (Å²) in [6.07, 6.45) is 0. The molecule has 288 valence electrons. The van der Waals surface area contributed by atoms with E-state index in [-0.39, 0.29) is 17.3 Å². The second-order valence-electron chi connectivity index (χ2n) is 17.5. The molecular weight excluding hydrogens is 737 g/mol. The second kappa shape index (κ2) is 12.8. The number of para-hydroxylation sites is 3. The molecule has 0 fully saturated rings. The van der Waals surface area contributed by atoms with Crippen molar-refractivity contribution < 1.29 is 0 Å². The van der Waals surface area contributed by atoms with Crippen LogP contribution >= 0.6 is 0 Å². The Morgan fingerprint density at radius 2 is 0.967 bits per heavy atom. The van der Waals surface area contributed by atoms with Gasteiger partial charge in [0.05, 0.1) is 22.4 Å². The Morgan fingerprint density at radius 3 is 1.70 bits per heavy atom. The van der Waals surface area contributed by atoms with Crippen LogP contribution in [0.2, 0.25) is 0 Å². The lowest BCUT2D eigenvalue weighted by Crippen LogP contribution is -2.30. The van der Waals surface area contributed by atoms with Crippen molar-refractivity contribution in [3.8, 4) is 27.9 Å². The Hall–Kier alpha value is -7.42. The van der Waals surface area contributed by atoms with Crippen LogP contribution in [0.1, 0.15) is 70.2 Å². The lowest BCUT2D eigenvalue weighted by atomic mass is 9.59. The summed E-state index contributed by atoms with van der Waals surface area (Å²) >= 11 is 0. The van der Waals surface area contributed by atoms with Crippen LogP contribution < -0.4 is 4.90 Å². The molecule has 0 N–H and O–H groups in total. The zero-order valence-corrected chi connectivity index (χ0v) is 34.2. The van der Waals surface area contributed by atoms with Gasteiger partial charge in [-0.25, -0.2) is 0 Å². The normalized spacial score (nSPS) is 16.2. The molecular formula is C59H42N2. The fraction of sp³-hybridized carbons (Fsp3) is 0.0847. The molecule has 0 atom stereocenters. The van der Waals surface area contributed by atoms with Crippen molar-refractivity contribution in [2.75, 3.05) is 4.90 Å². The quantitative estimate of drug-likeness (QED) is 0.169. The van der Waals surface area contributed by atoms with E-state index in [9.17, 15) is 0 Å². The second-order valence-corrected chi connectivity index (χ2v) is 17.5. The van der Waals surface area contributed by atoms with Crippen LogP contribution in [0.4, 0.5) is 17.1 Å².